The van der Waals surface area contributed by atoms with Gasteiger partial charge in [-0.3, -0.25) is 14.4 Å². The van der Waals surface area contributed by atoms with Gasteiger partial charge in [0.2, 0.25) is 5.91 Å². The molecule has 0 aromatic heterocycles. The minimum atomic E-state index is -1.21. The fourth-order valence-corrected chi connectivity index (χ4v) is 6.14. The van der Waals surface area contributed by atoms with Crippen molar-refractivity contribution in [3.63, 3.8) is 0 Å². The maximum Gasteiger partial charge on any atom is 0.337 e. The number of nitrogens with one attached hydrogen (secondary N) is 3. The molecule has 0 aliphatic rings. The lowest BCUT2D eigenvalue weighted by Crippen LogP contribution is -2.30. The first kappa shape index (κ1) is 35.3. The second kappa shape index (κ2) is 16.4. The van der Waals surface area contributed by atoms with Crippen LogP contribution in [0.15, 0.2) is 132 Å². The number of carboxylic acid groups (broad SMARTS) is 1. The van der Waals surface area contributed by atoms with E-state index in [9.17, 15) is 24.3 Å². The average molecular weight is 731 g/mol. The topological polar surface area (TPSA) is 125 Å². The molecule has 4 N–H and O–H groups in total. The zero-order chi connectivity index (χ0) is 34.9. The Kier molecular flexibility index (Phi) is 11.8. The number of carbonyl (C=O) groups excluding carboxylic acids is 3. The van der Waals surface area contributed by atoms with E-state index in [-0.39, 0.29) is 32.9 Å². The molecule has 0 bridgehead atoms. The highest BCUT2D eigenvalue weighted by molar-refractivity contribution is 8.00. The third kappa shape index (κ3) is 9.31. The van der Waals surface area contributed by atoms with E-state index in [0.717, 1.165) is 5.56 Å². The number of carbonyl (C=O) groups is 4. The van der Waals surface area contributed by atoms with Crippen LogP contribution in [0.1, 0.15) is 37.1 Å². The van der Waals surface area contributed by atoms with Gasteiger partial charge >= 0.3 is 5.97 Å². The van der Waals surface area contributed by atoms with Crippen LogP contribution in [0.4, 0.5) is 11.4 Å². The van der Waals surface area contributed by atoms with Gasteiger partial charge in [-0.05, 0) is 77.9 Å². The van der Waals surface area contributed by atoms with Crippen LogP contribution < -0.4 is 16.0 Å². The summed E-state index contributed by atoms with van der Waals surface area (Å²) in [5, 5.41) is 17.5. The fourth-order valence-electron chi connectivity index (χ4n) is 4.56. The summed E-state index contributed by atoms with van der Waals surface area (Å²) in [6.45, 7) is 0. The molecule has 0 saturated carbocycles. The van der Waals surface area contributed by atoms with Crippen molar-refractivity contribution < 1.29 is 24.3 Å². The molecule has 5 aromatic carbocycles. The van der Waals surface area contributed by atoms with Crippen molar-refractivity contribution in [1.29, 1.82) is 0 Å². The summed E-state index contributed by atoms with van der Waals surface area (Å²) in [5.74, 6) is -2.69. The van der Waals surface area contributed by atoms with E-state index in [0.29, 0.717) is 26.7 Å². The SMILES string of the molecule is O=C(Nc1ccc(SC(C(=O)Nc2ccc(Cl)c(C(=O)O)c2)c2ccccc2)cc1)/C(=C/c1cccc(Cl)c1Cl)NC(=O)c1ccccc1. The van der Waals surface area contributed by atoms with Crippen molar-refractivity contribution in [2.45, 2.75) is 10.1 Å². The Morgan fingerprint density at radius 3 is 2.02 bits per heavy atom. The summed E-state index contributed by atoms with van der Waals surface area (Å²) in [5.41, 5.74) is 2.03. The highest BCUT2D eigenvalue weighted by Crippen LogP contribution is 2.37. The molecule has 0 radical (unpaired) electrons. The van der Waals surface area contributed by atoms with E-state index in [4.69, 9.17) is 34.8 Å². The summed E-state index contributed by atoms with van der Waals surface area (Å²) in [7, 11) is 0. The first-order valence-corrected chi connectivity index (χ1v) is 16.6. The van der Waals surface area contributed by atoms with Gasteiger partial charge in [-0.25, -0.2) is 4.79 Å². The largest absolute Gasteiger partial charge is 0.478 e. The van der Waals surface area contributed by atoms with Crippen LogP contribution in [0, 0.1) is 0 Å². The highest BCUT2D eigenvalue weighted by Gasteiger charge is 2.23. The lowest BCUT2D eigenvalue weighted by molar-refractivity contribution is -0.116. The number of aromatic carboxylic acids is 1. The molecule has 246 valence electrons. The molecule has 0 heterocycles. The third-order valence-corrected chi connectivity index (χ3v) is 9.41. The van der Waals surface area contributed by atoms with Gasteiger partial charge in [0.25, 0.3) is 11.8 Å². The second-order valence-electron chi connectivity index (χ2n) is 10.4. The number of benzene rings is 5. The van der Waals surface area contributed by atoms with Gasteiger partial charge < -0.3 is 21.1 Å². The van der Waals surface area contributed by atoms with Crippen LogP contribution >= 0.6 is 46.6 Å². The van der Waals surface area contributed by atoms with Crippen molar-refractivity contribution in [3.05, 3.63) is 164 Å². The normalized spacial score (nSPS) is 11.7. The standard InChI is InChI=1S/C37H26Cl3N3O5S/c38-29-19-16-26(21-28(29)37(47)48)42-36(46)33(22-8-3-1-4-9-22)49-27-17-14-25(15-18-27)41-35(45)31(20-24-12-7-13-30(39)32(24)40)43-34(44)23-10-5-2-6-11-23/h1-21,33H,(H,41,45)(H,42,46)(H,43,44)(H,47,48)/b31-20-. The van der Waals surface area contributed by atoms with Gasteiger partial charge in [0.1, 0.15) is 10.9 Å². The summed E-state index contributed by atoms with van der Waals surface area (Å²) in [6, 6.07) is 33.6. The van der Waals surface area contributed by atoms with Crippen LogP contribution in [0.2, 0.25) is 15.1 Å². The first-order chi connectivity index (χ1) is 23.6. The Balaban J connectivity index is 1.35. The number of thioether (sulfide) groups is 1. The molecule has 3 amide bonds. The Morgan fingerprint density at radius 2 is 1.35 bits per heavy atom. The van der Waals surface area contributed by atoms with E-state index < -0.39 is 23.0 Å². The maximum atomic E-state index is 13.5. The fraction of sp³-hybridized carbons (Fsp3) is 0.0270. The number of rotatable bonds is 11. The van der Waals surface area contributed by atoms with Gasteiger partial charge in [-0.1, -0.05) is 95.5 Å². The maximum absolute atomic E-state index is 13.5. The second-order valence-corrected chi connectivity index (χ2v) is 12.8. The number of hydrogen-bond acceptors (Lipinski definition) is 5. The number of anilines is 2. The lowest BCUT2D eigenvalue weighted by atomic mass is 10.1. The Labute approximate surface area is 301 Å². The zero-order valence-electron chi connectivity index (χ0n) is 25.3. The van der Waals surface area contributed by atoms with Gasteiger partial charge in [0.15, 0.2) is 0 Å². The Bertz CT molecular complexity index is 2040. The smallest absolute Gasteiger partial charge is 0.337 e. The zero-order valence-corrected chi connectivity index (χ0v) is 28.4. The van der Waals surface area contributed by atoms with Gasteiger partial charge in [-0.15, -0.1) is 11.8 Å². The van der Waals surface area contributed by atoms with Gasteiger partial charge in [0.05, 0.1) is 20.6 Å². The predicted molar refractivity (Wildman–Crippen MR) is 195 cm³/mol. The molecular weight excluding hydrogens is 705 g/mol. The average Bonchev–Trinajstić information content (AvgIpc) is 3.10. The van der Waals surface area contributed by atoms with Crippen LogP contribution in [-0.2, 0) is 9.59 Å². The molecule has 0 saturated heterocycles. The number of amides is 3. The molecule has 0 aliphatic carbocycles. The van der Waals surface area contributed by atoms with E-state index >= 15 is 0 Å². The summed E-state index contributed by atoms with van der Waals surface area (Å²) in [6.07, 6.45) is 1.44. The number of carboxylic acids is 1. The molecule has 0 spiro atoms. The molecule has 0 aliphatic heterocycles. The van der Waals surface area contributed by atoms with E-state index in [1.54, 1.807) is 72.8 Å². The van der Waals surface area contributed by atoms with Crippen molar-refractivity contribution in [1.82, 2.24) is 5.32 Å². The van der Waals surface area contributed by atoms with E-state index in [2.05, 4.69) is 16.0 Å². The Hall–Kier alpha value is -5.06. The molecule has 5 rings (SSSR count). The molecule has 8 nitrogen and oxygen atoms in total. The van der Waals surface area contributed by atoms with Crippen molar-refractivity contribution in [2.24, 2.45) is 0 Å². The van der Waals surface area contributed by atoms with Crippen LogP contribution in [0.5, 0.6) is 0 Å². The lowest BCUT2D eigenvalue weighted by Gasteiger charge is -2.18. The molecule has 12 heteroatoms. The Morgan fingerprint density at radius 1 is 0.694 bits per heavy atom. The quantitative estimate of drug-likeness (QED) is 0.0794. The number of halogens is 3. The monoisotopic (exact) mass is 729 g/mol. The molecule has 49 heavy (non-hydrogen) atoms. The third-order valence-electron chi connectivity index (χ3n) is 6.98. The molecule has 1 unspecified atom stereocenters. The molecule has 0 fully saturated rings. The van der Waals surface area contributed by atoms with Crippen LogP contribution in [0.3, 0.4) is 0 Å². The molecular formula is C37H26Cl3N3O5S. The van der Waals surface area contributed by atoms with Crippen molar-refractivity contribution in [3.8, 4) is 0 Å². The minimum Gasteiger partial charge on any atom is -0.478 e. The van der Waals surface area contributed by atoms with E-state index in [1.807, 2.05) is 30.3 Å². The summed E-state index contributed by atoms with van der Waals surface area (Å²) < 4.78 is 0. The predicted octanol–water partition coefficient (Wildman–Crippen LogP) is 9.23. The minimum absolute atomic E-state index is 0.0566. The van der Waals surface area contributed by atoms with Crippen molar-refractivity contribution in [2.75, 3.05) is 10.6 Å². The number of hydrogen-bond donors (Lipinski definition) is 4. The highest BCUT2D eigenvalue weighted by atomic mass is 35.5. The van der Waals surface area contributed by atoms with Crippen LogP contribution in [0.25, 0.3) is 6.08 Å². The van der Waals surface area contributed by atoms with Gasteiger partial charge in [-0.2, -0.15) is 0 Å². The first-order valence-electron chi connectivity index (χ1n) is 14.6. The summed E-state index contributed by atoms with van der Waals surface area (Å²) in [4.78, 5) is 52.3. The van der Waals surface area contributed by atoms with E-state index in [1.165, 1.54) is 36.0 Å². The summed E-state index contributed by atoms with van der Waals surface area (Å²) >= 11 is 19.8. The molecule has 1 atom stereocenters. The van der Waals surface area contributed by atoms with Crippen molar-refractivity contribution >= 4 is 87.7 Å². The van der Waals surface area contributed by atoms with Crippen LogP contribution in [-0.4, -0.2) is 28.8 Å². The van der Waals surface area contributed by atoms with Gasteiger partial charge in [0, 0.05) is 21.8 Å². The molecule has 5 aromatic rings.